The maximum absolute atomic E-state index is 11.9. The second-order valence-corrected chi connectivity index (χ2v) is 5.06. The molecular formula is C15H21N3O. The molecule has 1 atom stereocenters. The Balaban J connectivity index is 2.24. The molecule has 1 unspecified atom stereocenters. The van der Waals surface area contributed by atoms with E-state index >= 15 is 0 Å². The number of amides is 1. The molecule has 1 aromatic rings. The molecule has 1 heterocycles. The van der Waals surface area contributed by atoms with Crippen molar-refractivity contribution in [1.82, 2.24) is 5.32 Å². The van der Waals surface area contributed by atoms with Crippen LogP contribution in [0.15, 0.2) is 30.4 Å². The van der Waals surface area contributed by atoms with Crippen LogP contribution in [0, 0.1) is 0 Å². The van der Waals surface area contributed by atoms with Crippen molar-refractivity contribution in [3.05, 3.63) is 35.9 Å². The van der Waals surface area contributed by atoms with E-state index in [0.29, 0.717) is 0 Å². The number of carbonyl (C=O) groups excluding carboxylic acids is 1. The van der Waals surface area contributed by atoms with Crippen molar-refractivity contribution in [3.8, 4) is 0 Å². The highest BCUT2D eigenvalue weighted by Gasteiger charge is 2.29. The van der Waals surface area contributed by atoms with E-state index in [1.54, 1.807) is 0 Å². The summed E-state index contributed by atoms with van der Waals surface area (Å²) in [6.45, 7) is 9.51. The van der Waals surface area contributed by atoms with Crippen molar-refractivity contribution in [2.75, 3.05) is 30.4 Å². The Morgan fingerprint density at radius 1 is 1.53 bits per heavy atom. The minimum absolute atomic E-state index is 0.0246. The highest BCUT2D eigenvalue weighted by Crippen LogP contribution is 2.33. The highest BCUT2D eigenvalue weighted by molar-refractivity contribution is 6.03. The summed E-state index contributed by atoms with van der Waals surface area (Å²) in [7, 11) is 2.02. The Bertz CT molecular complexity index is 510. The monoisotopic (exact) mass is 259 g/mol. The maximum Gasteiger partial charge on any atom is 0.246 e. The normalized spacial score (nSPS) is 17.0. The predicted octanol–water partition coefficient (Wildman–Crippen LogP) is 2.30. The van der Waals surface area contributed by atoms with Crippen LogP contribution >= 0.6 is 0 Å². The van der Waals surface area contributed by atoms with Gasteiger partial charge in [-0.05, 0) is 25.6 Å². The summed E-state index contributed by atoms with van der Waals surface area (Å²) in [5, 5.41) is 6.12. The third-order valence-corrected chi connectivity index (χ3v) is 3.22. The summed E-state index contributed by atoms with van der Waals surface area (Å²) in [5.41, 5.74) is 4.12. The lowest BCUT2D eigenvalue weighted by Gasteiger charge is -2.20. The lowest BCUT2D eigenvalue weighted by Crippen LogP contribution is -2.27. The van der Waals surface area contributed by atoms with Crippen LogP contribution in [0.2, 0.25) is 0 Å². The Labute approximate surface area is 114 Å². The molecule has 0 saturated heterocycles. The molecule has 0 aromatic heterocycles. The van der Waals surface area contributed by atoms with Crippen LogP contribution in [0.3, 0.4) is 0 Å². The number of nitrogens with one attached hydrogen (secondary N) is 2. The molecule has 1 aliphatic heterocycles. The standard InChI is InChI=1S/C15H21N3O/c1-5-16-14-12-7-6-11(18(4)9-10(2)3)8-13(12)17-15(14)19/h6-8,14,16H,2,5,9H2,1,3-4H3,(H,17,19). The zero-order valence-corrected chi connectivity index (χ0v) is 11.8. The van der Waals surface area contributed by atoms with E-state index in [0.717, 1.165) is 35.6 Å². The average molecular weight is 259 g/mol. The van der Waals surface area contributed by atoms with Crippen LogP contribution in [0.1, 0.15) is 25.5 Å². The summed E-state index contributed by atoms with van der Waals surface area (Å²) in [4.78, 5) is 14.0. The van der Waals surface area contributed by atoms with Gasteiger partial charge in [-0.3, -0.25) is 4.79 Å². The Morgan fingerprint density at radius 3 is 2.89 bits per heavy atom. The first-order chi connectivity index (χ1) is 9.02. The van der Waals surface area contributed by atoms with Gasteiger partial charge < -0.3 is 15.5 Å². The summed E-state index contributed by atoms with van der Waals surface area (Å²) < 4.78 is 0. The van der Waals surface area contributed by atoms with E-state index in [1.165, 1.54) is 0 Å². The van der Waals surface area contributed by atoms with Crippen LogP contribution in [0.4, 0.5) is 11.4 Å². The molecule has 1 aliphatic rings. The van der Waals surface area contributed by atoms with Gasteiger partial charge in [0, 0.05) is 30.5 Å². The molecule has 102 valence electrons. The van der Waals surface area contributed by atoms with Gasteiger partial charge in [0.25, 0.3) is 0 Å². The molecule has 0 bridgehead atoms. The SMILES string of the molecule is C=C(C)CN(C)c1ccc2c(c1)NC(=O)C2NCC. The van der Waals surface area contributed by atoms with Crippen molar-refractivity contribution in [2.45, 2.75) is 19.9 Å². The van der Waals surface area contributed by atoms with Crippen LogP contribution in [0.5, 0.6) is 0 Å². The molecule has 0 spiro atoms. The molecule has 0 saturated carbocycles. The fraction of sp³-hybridized carbons (Fsp3) is 0.400. The number of likely N-dealkylation sites (N-methyl/N-ethyl adjacent to an activating group) is 2. The molecule has 4 heteroatoms. The second kappa shape index (κ2) is 5.45. The molecule has 0 fully saturated rings. The topological polar surface area (TPSA) is 44.4 Å². The van der Waals surface area contributed by atoms with Gasteiger partial charge in [0.15, 0.2) is 0 Å². The van der Waals surface area contributed by atoms with Gasteiger partial charge in [0.2, 0.25) is 5.91 Å². The molecule has 19 heavy (non-hydrogen) atoms. The molecule has 1 amide bonds. The Morgan fingerprint density at radius 2 is 2.26 bits per heavy atom. The molecule has 2 N–H and O–H groups in total. The van der Waals surface area contributed by atoms with E-state index in [9.17, 15) is 4.79 Å². The number of anilines is 2. The second-order valence-electron chi connectivity index (χ2n) is 5.06. The molecule has 1 aromatic carbocycles. The Kier molecular flexibility index (Phi) is 3.90. The van der Waals surface area contributed by atoms with E-state index in [1.807, 2.05) is 39.1 Å². The van der Waals surface area contributed by atoms with Crippen molar-refractivity contribution < 1.29 is 4.79 Å². The fourth-order valence-electron chi connectivity index (χ4n) is 2.39. The van der Waals surface area contributed by atoms with Gasteiger partial charge in [0.05, 0.1) is 0 Å². The van der Waals surface area contributed by atoms with Crippen LogP contribution in [0.25, 0.3) is 0 Å². The van der Waals surface area contributed by atoms with E-state index in [2.05, 4.69) is 22.1 Å². The van der Waals surface area contributed by atoms with Crippen LogP contribution in [-0.2, 0) is 4.79 Å². The first-order valence-electron chi connectivity index (χ1n) is 6.56. The number of benzene rings is 1. The van der Waals surface area contributed by atoms with Crippen LogP contribution in [-0.4, -0.2) is 26.0 Å². The predicted molar refractivity (Wildman–Crippen MR) is 79.6 cm³/mol. The summed E-state index contributed by atoms with van der Waals surface area (Å²) in [5.74, 6) is 0.0246. The van der Waals surface area contributed by atoms with Gasteiger partial charge >= 0.3 is 0 Å². The zero-order valence-electron chi connectivity index (χ0n) is 11.8. The largest absolute Gasteiger partial charge is 0.371 e. The smallest absolute Gasteiger partial charge is 0.246 e. The van der Waals surface area contributed by atoms with E-state index < -0.39 is 0 Å². The minimum atomic E-state index is -0.222. The quantitative estimate of drug-likeness (QED) is 0.798. The molecule has 2 rings (SSSR count). The molecule has 0 radical (unpaired) electrons. The number of hydrogen-bond acceptors (Lipinski definition) is 3. The summed E-state index contributed by atoms with van der Waals surface area (Å²) in [6.07, 6.45) is 0. The number of carbonyl (C=O) groups is 1. The first kappa shape index (κ1) is 13.6. The molecule has 0 aliphatic carbocycles. The number of rotatable bonds is 5. The average Bonchev–Trinajstić information content (AvgIpc) is 2.65. The fourth-order valence-corrected chi connectivity index (χ4v) is 2.39. The van der Waals surface area contributed by atoms with Crippen molar-refractivity contribution in [2.24, 2.45) is 0 Å². The number of fused-ring (bicyclic) bond motifs is 1. The van der Waals surface area contributed by atoms with Gasteiger partial charge in [0.1, 0.15) is 6.04 Å². The lowest BCUT2D eigenvalue weighted by molar-refractivity contribution is -0.117. The van der Waals surface area contributed by atoms with Gasteiger partial charge in [-0.2, -0.15) is 0 Å². The third kappa shape index (κ3) is 2.79. The number of hydrogen-bond donors (Lipinski definition) is 2. The van der Waals surface area contributed by atoms with E-state index in [-0.39, 0.29) is 11.9 Å². The maximum atomic E-state index is 11.9. The van der Waals surface area contributed by atoms with E-state index in [4.69, 9.17) is 0 Å². The molecular weight excluding hydrogens is 238 g/mol. The summed E-state index contributed by atoms with van der Waals surface area (Å²) >= 11 is 0. The van der Waals surface area contributed by atoms with Gasteiger partial charge in [-0.1, -0.05) is 25.1 Å². The first-order valence-corrected chi connectivity index (χ1v) is 6.56. The highest BCUT2D eigenvalue weighted by atomic mass is 16.2. The minimum Gasteiger partial charge on any atom is -0.371 e. The Hall–Kier alpha value is -1.81. The van der Waals surface area contributed by atoms with Crippen molar-refractivity contribution in [1.29, 1.82) is 0 Å². The third-order valence-electron chi connectivity index (χ3n) is 3.22. The van der Waals surface area contributed by atoms with Gasteiger partial charge in [-0.15, -0.1) is 0 Å². The summed E-state index contributed by atoms with van der Waals surface area (Å²) in [6, 6.07) is 5.87. The van der Waals surface area contributed by atoms with Crippen LogP contribution < -0.4 is 15.5 Å². The van der Waals surface area contributed by atoms with Crippen molar-refractivity contribution >= 4 is 17.3 Å². The molecule has 4 nitrogen and oxygen atoms in total. The van der Waals surface area contributed by atoms with Gasteiger partial charge in [-0.25, -0.2) is 0 Å². The zero-order chi connectivity index (χ0) is 14.0. The number of nitrogens with zero attached hydrogens (tertiary/aromatic N) is 1. The lowest BCUT2D eigenvalue weighted by atomic mass is 10.1. The van der Waals surface area contributed by atoms with Crippen molar-refractivity contribution in [3.63, 3.8) is 0 Å².